The van der Waals surface area contributed by atoms with E-state index in [9.17, 15) is 13.2 Å². The number of rotatable bonds is 6. The molecule has 0 bridgehead atoms. The van der Waals surface area contributed by atoms with E-state index in [0.29, 0.717) is 17.7 Å². The standard InChI is InChI=1S/C18H22N2O3S/c1-13-5-4-6-17(14(13)2)18(21)20-11-15-7-9-16(10-8-15)12-24(22,23)19-3/h4-10,19H,11-12H2,1-3H3,(H,20,21). The zero-order valence-corrected chi connectivity index (χ0v) is 14.9. The number of carbonyl (C=O) groups excluding carboxylic acids is 1. The molecular formula is C18H22N2O3S. The first-order valence-corrected chi connectivity index (χ1v) is 9.31. The Morgan fingerprint density at radius 3 is 2.25 bits per heavy atom. The van der Waals surface area contributed by atoms with Crippen LogP contribution in [0.3, 0.4) is 0 Å². The molecule has 24 heavy (non-hydrogen) atoms. The summed E-state index contributed by atoms with van der Waals surface area (Å²) in [4.78, 5) is 12.3. The number of amides is 1. The second-order valence-electron chi connectivity index (χ2n) is 5.71. The highest BCUT2D eigenvalue weighted by atomic mass is 32.2. The maximum atomic E-state index is 12.3. The van der Waals surface area contributed by atoms with E-state index in [1.165, 1.54) is 7.05 Å². The monoisotopic (exact) mass is 346 g/mol. The van der Waals surface area contributed by atoms with Crippen LogP contribution in [0.1, 0.15) is 32.6 Å². The van der Waals surface area contributed by atoms with Crippen molar-refractivity contribution in [2.45, 2.75) is 26.1 Å². The van der Waals surface area contributed by atoms with Crippen molar-refractivity contribution < 1.29 is 13.2 Å². The number of sulfonamides is 1. The van der Waals surface area contributed by atoms with Crippen LogP contribution in [-0.2, 0) is 22.3 Å². The number of carbonyl (C=O) groups is 1. The van der Waals surface area contributed by atoms with Crippen LogP contribution in [0.5, 0.6) is 0 Å². The first kappa shape index (κ1) is 18.2. The quantitative estimate of drug-likeness (QED) is 0.843. The van der Waals surface area contributed by atoms with E-state index in [1.807, 2.05) is 44.2 Å². The molecule has 0 aliphatic rings. The lowest BCUT2D eigenvalue weighted by molar-refractivity contribution is 0.0950. The van der Waals surface area contributed by atoms with Gasteiger partial charge in [0, 0.05) is 12.1 Å². The van der Waals surface area contributed by atoms with E-state index < -0.39 is 10.0 Å². The largest absolute Gasteiger partial charge is 0.348 e. The summed E-state index contributed by atoms with van der Waals surface area (Å²) in [6.45, 7) is 4.30. The fourth-order valence-electron chi connectivity index (χ4n) is 2.32. The van der Waals surface area contributed by atoms with E-state index >= 15 is 0 Å². The van der Waals surface area contributed by atoms with Gasteiger partial charge in [0.05, 0.1) is 5.75 Å². The van der Waals surface area contributed by atoms with Crippen LogP contribution in [-0.4, -0.2) is 21.4 Å². The Balaban J connectivity index is 2.00. The zero-order chi connectivity index (χ0) is 17.7. The molecule has 128 valence electrons. The molecule has 0 atom stereocenters. The zero-order valence-electron chi connectivity index (χ0n) is 14.1. The molecule has 0 aliphatic heterocycles. The van der Waals surface area contributed by atoms with E-state index in [1.54, 1.807) is 12.1 Å². The normalized spacial score (nSPS) is 11.3. The molecule has 0 fully saturated rings. The average Bonchev–Trinajstić information content (AvgIpc) is 2.56. The van der Waals surface area contributed by atoms with Crippen molar-refractivity contribution in [2.75, 3.05) is 7.05 Å². The van der Waals surface area contributed by atoms with Crippen LogP contribution in [0, 0.1) is 13.8 Å². The van der Waals surface area contributed by atoms with Crippen LogP contribution in [0.4, 0.5) is 0 Å². The minimum Gasteiger partial charge on any atom is -0.348 e. The Bertz CT molecular complexity index is 828. The molecule has 2 aromatic carbocycles. The number of hydrogen-bond donors (Lipinski definition) is 2. The molecule has 0 aliphatic carbocycles. The first-order valence-electron chi connectivity index (χ1n) is 7.66. The molecule has 1 amide bonds. The van der Waals surface area contributed by atoms with Gasteiger partial charge >= 0.3 is 0 Å². The predicted molar refractivity (Wildman–Crippen MR) is 95.2 cm³/mol. The van der Waals surface area contributed by atoms with Crippen molar-refractivity contribution in [1.82, 2.24) is 10.0 Å². The fourth-order valence-corrected chi connectivity index (χ4v) is 3.10. The number of hydrogen-bond acceptors (Lipinski definition) is 3. The lowest BCUT2D eigenvalue weighted by atomic mass is 10.0. The van der Waals surface area contributed by atoms with E-state index in [4.69, 9.17) is 0 Å². The van der Waals surface area contributed by atoms with Crippen LogP contribution in [0.25, 0.3) is 0 Å². The molecule has 2 N–H and O–H groups in total. The summed E-state index contributed by atoms with van der Waals surface area (Å²) in [5.74, 6) is -0.170. The van der Waals surface area contributed by atoms with Gasteiger partial charge in [0.2, 0.25) is 10.0 Å². The van der Waals surface area contributed by atoms with Gasteiger partial charge in [-0.3, -0.25) is 4.79 Å². The lowest BCUT2D eigenvalue weighted by Gasteiger charge is -2.10. The van der Waals surface area contributed by atoms with Gasteiger partial charge in [-0.2, -0.15) is 0 Å². The molecule has 0 saturated carbocycles. The van der Waals surface area contributed by atoms with Crippen molar-refractivity contribution in [3.8, 4) is 0 Å². The van der Waals surface area contributed by atoms with Gasteiger partial charge in [-0.05, 0) is 49.2 Å². The van der Waals surface area contributed by atoms with Gasteiger partial charge in [0.25, 0.3) is 5.91 Å². The molecule has 0 unspecified atom stereocenters. The molecule has 2 rings (SSSR count). The van der Waals surface area contributed by atoms with Gasteiger partial charge < -0.3 is 5.32 Å². The Morgan fingerprint density at radius 1 is 1.00 bits per heavy atom. The molecule has 0 heterocycles. The lowest BCUT2D eigenvalue weighted by Crippen LogP contribution is -2.24. The fraction of sp³-hybridized carbons (Fsp3) is 0.278. The average molecular weight is 346 g/mol. The van der Waals surface area contributed by atoms with Crippen molar-refractivity contribution in [3.63, 3.8) is 0 Å². The van der Waals surface area contributed by atoms with Crippen LogP contribution < -0.4 is 10.0 Å². The predicted octanol–water partition coefficient (Wildman–Crippen LogP) is 2.28. The summed E-state index contributed by atoms with van der Waals surface area (Å²) in [5.41, 5.74) is 4.35. The molecule has 0 aromatic heterocycles. The van der Waals surface area contributed by atoms with Crippen LogP contribution in [0.15, 0.2) is 42.5 Å². The van der Waals surface area contributed by atoms with Gasteiger partial charge in [0.1, 0.15) is 0 Å². The summed E-state index contributed by atoms with van der Waals surface area (Å²) in [7, 11) is -1.88. The molecule has 2 aromatic rings. The molecular weight excluding hydrogens is 324 g/mol. The van der Waals surface area contributed by atoms with Crippen molar-refractivity contribution in [2.24, 2.45) is 0 Å². The Labute approximate surface area is 143 Å². The third-order valence-corrected chi connectivity index (χ3v) is 5.33. The highest BCUT2D eigenvalue weighted by molar-refractivity contribution is 7.88. The first-order chi connectivity index (χ1) is 11.3. The second kappa shape index (κ2) is 7.59. The molecule has 5 nitrogen and oxygen atoms in total. The minimum atomic E-state index is -3.28. The highest BCUT2D eigenvalue weighted by Crippen LogP contribution is 2.13. The summed E-state index contributed by atoms with van der Waals surface area (Å²) in [5, 5.41) is 2.89. The van der Waals surface area contributed by atoms with Crippen molar-refractivity contribution in [1.29, 1.82) is 0 Å². The third-order valence-electron chi connectivity index (χ3n) is 3.99. The molecule has 0 saturated heterocycles. The van der Waals surface area contributed by atoms with E-state index in [2.05, 4.69) is 10.0 Å². The summed E-state index contributed by atoms with van der Waals surface area (Å²) in [6.07, 6.45) is 0. The third kappa shape index (κ3) is 4.66. The van der Waals surface area contributed by atoms with Crippen LogP contribution >= 0.6 is 0 Å². The van der Waals surface area contributed by atoms with E-state index in [-0.39, 0.29) is 11.7 Å². The van der Waals surface area contributed by atoms with Gasteiger partial charge in [-0.15, -0.1) is 0 Å². The SMILES string of the molecule is CNS(=O)(=O)Cc1ccc(CNC(=O)c2cccc(C)c2C)cc1. The number of aryl methyl sites for hydroxylation is 1. The number of benzene rings is 2. The molecule has 6 heteroatoms. The molecule has 0 spiro atoms. The Hall–Kier alpha value is -2.18. The van der Waals surface area contributed by atoms with Crippen molar-refractivity contribution >= 4 is 15.9 Å². The summed E-state index contributed by atoms with van der Waals surface area (Å²) < 4.78 is 25.3. The number of nitrogens with one attached hydrogen (secondary N) is 2. The van der Waals surface area contributed by atoms with Gasteiger partial charge in [-0.1, -0.05) is 36.4 Å². The van der Waals surface area contributed by atoms with Gasteiger partial charge in [-0.25, -0.2) is 13.1 Å². The maximum absolute atomic E-state index is 12.3. The topological polar surface area (TPSA) is 75.3 Å². The van der Waals surface area contributed by atoms with Crippen molar-refractivity contribution in [3.05, 3.63) is 70.3 Å². The molecule has 0 radical (unpaired) electrons. The Kier molecular flexibility index (Phi) is 5.75. The maximum Gasteiger partial charge on any atom is 0.251 e. The second-order valence-corrected chi connectivity index (χ2v) is 7.64. The van der Waals surface area contributed by atoms with Gasteiger partial charge in [0.15, 0.2) is 0 Å². The minimum absolute atomic E-state index is 0.0569. The summed E-state index contributed by atoms with van der Waals surface area (Å²) >= 11 is 0. The highest BCUT2D eigenvalue weighted by Gasteiger charge is 2.10. The Morgan fingerprint density at radius 2 is 1.62 bits per heavy atom. The van der Waals surface area contributed by atoms with Crippen LogP contribution in [0.2, 0.25) is 0 Å². The van der Waals surface area contributed by atoms with E-state index in [0.717, 1.165) is 16.7 Å². The summed E-state index contributed by atoms with van der Waals surface area (Å²) in [6, 6.07) is 12.8. The smallest absolute Gasteiger partial charge is 0.251 e.